The molecule has 1 aromatic carbocycles. The number of hydrogen-bond donors (Lipinski definition) is 1. The first-order valence-electron chi connectivity index (χ1n) is 6.75. The molecular formula is C14H23ClN2O2S. The van der Waals surface area contributed by atoms with Crippen LogP contribution in [0.15, 0.2) is 29.2 Å². The molecule has 1 aliphatic heterocycles. The monoisotopic (exact) mass is 318 g/mol. The third-order valence-corrected chi connectivity index (χ3v) is 5.87. The van der Waals surface area contributed by atoms with Crippen LogP contribution in [0.5, 0.6) is 0 Å². The molecule has 1 aromatic rings. The molecule has 2 rings (SSSR count). The summed E-state index contributed by atoms with van der Waals surface area (Å²) in [5.41, 5.74) is 6.83. The molecule has 6 heteroatoms. The summed E-state index contributed by atoms with van der Waals surface area (Å²) in [4.78, 5) is 0.366. The third kappa shape index (κ3) is 3.34. The molecule has 0 radical (unpaired) electrons. The highest BCUT2D eigenvalue weighted by atomic mass is 35.5. The number of hydrogen-bond acceptors (Lipinski definition) is 3. The van der Waals surface area contributed by atoms with E-state index in [2.05, 4.69) is 6.92 Å². The molecule has 2 N–H and O–H groups in total. The van der Waals surface area contributed by atoms with Gasteiger partial charge in [0, 0.05) is 19.1 Å². The van der Waals surface area contributed by atoms with Crippen molar-refractivity contribution in [3.63, 3.8) is 0 Å². The Morgan fingerprint density at radius 3 is 2.45 bits per heavy atom. The first-order chi connectivity index (χ1) is 8.96. The molecule has 2 atom stereocenters. The molecule has 0 amide bonds. The average Bonchev–Trinajstić information content (AvgIpc) is 2.39. The Morgan fingerprint density at radius 2 is 1.90 bits per heavy atom. The van der Waals surface area contributed by atoms with Gasteiger partial charge in [-0.1, -0.05) is 24.6 Å². The molecule has 1 fully saturated rings. The van der Waals surface area contributed by atoms with Gasteiger partial charge < -0.3 is 5.73 Å². The Labute approximate surface area is 127 Å². The number of nitrogens with zero attached hydrogens (tertiary/aromatic N) is 1. The SMILES string of the molecule is Cc1ccc(S(=O)(=O)N2CCCC(C)C2CN)cc1.Cl. The fourth-order valence-corrected chi connectivity index (χ4v) is 4.48. The zero-order valence-corrected chi connectivity index (χ0v) is 13.6. The maximum absolute atomic E-state index is 12.7. The normalized spacial score (nSPS) is 24.1. The summed E-state index contributed by atoms with van der Waals surface area (Å²) < 4.78 is 27.0. The number of piperidine rings is 1. The maximum atomic E-state index is 12.7. The molecule has 114 valence electrons. The predicted octanol–water partition coefficient (Wildman–Crippen LogP) is 2.16. The van der Waals surface area contributed by atoms with E-state index in [0.29, 0.717) is 23.9 Å². The lowest BCUT2D eigenvalue weighted by molar-refractivity contribution is 0.192. The Kier molecular flexibility index (Phi) is 6.01. The van der Waals surface area contributed by atoms with Crippen LogP contribution in [0.1, 0.15) is 25.3 Å². The van der Waals surface area contributed by atoms with Gasteiger partial charge in [-0.25, -0.2) is 8.42 Å². The zero-order chi connectivity index (χ0) is 14.0. The minimum absolute atomic E-state index is 0. The topological polar surface area (TPSA) is 63.4 Å². The van der Waals surface area contributed by atoms with E-state index in [-0.39, 0.29) is 18.4 Å². The Bertz CT molecular complexity index is 531. The first-order valence-corrected chi connectivity index (χ1v) is 8.19. The molecule has 1 heterocycles. The van der Waals surface area contributed by atoms with Gasteiger partial charge >= 0.3 is 0 Å². The van der Waals surface area contributed by atoms with E-state index in [1.165, 1.54) is 0 Å². The molecule has 1 saturated heterocycles. The number of nitrogens with two attached hydrogens (primary N) is 1. The van der Waals surface area contributed by atoms with Crippen LogP contribution in [-0.4, -0.2) is 31.9 Å². The van der Waals surface area contributed by atoms with Crippen molar-refractivity contribution >= 4 is 22.4 Å². The highest BCUT2D eigenvalue weighted by molar-refractivity contribution is 7.89. The second-order valence-corrected chi connectivity index (χ2v) is 7.24. The predicted molar refractivity (Wildman–Crippen MR) is 83.6 cm³/mol. The van der Waals surface area contributed by atoms with Gasteiger partial charge in [-0.15, -0.1) is 12.4 Å². The molecule has 4 nitrogen and oxygen atoms in total. The Morgan fingerprint density at radius 1 is 1.30 bits per heavy atom. The molecule has 0 aliphatic carbocycles. The lowest BCUT2D eigenvalue weighted by Gasteiger charge is -2.38. The van der Waals surface area contributed by atoms with E-state index in [1.807, 2.05) is 19.1 Å². The number of halogens is 1. The fraction of sp³-hybridized carbons (Fsp3) is 0.571. The third-order valence-electron chi connectivity index (χ3n) is 3.93. The van der Waals surface area contributed by atoms with E-state index in [0.717, 1.165) is 18.4 Å². The van der Waals surface area contributed by atoms with E-state index < -0.39 is 10.0 Å². The minimum Gasteiger partial charge on any atom is -0.329 e. The largest absolute Gasteiger partial charge is 0.329 e. The van der Waals surface area contributed by atoms with E-state index in [4.69, 9.17) is 5.73 Å². The molecular weight excluding hydrogens is 296 g/mol. The van der Waals surface area contributed by atoms with E-state index in [9.17, 15) is 8.42 Å². The smallest absolute Gasteiger partial charge is 0.243 e. The van der Waals surface area contributed by atoms with Crippen LogP contribution in [-0.2, 0) is 10.0 Å². The van der Waals surface area contributed by atoms with E-state index >= 15 is 0 Å². The van der Waals surface area contributed by atoms with Gasteiger partial charge in [-0.3, -0.25) is 0 Å². The van der Waals surface area contributed by atoms with Gasteiger partial charge in [0.2, 0.25) is 10.0 Å². The number of rotatable bonds is 3. The summed E-state index contributed by atoms with van der Waals surface area (Å²) in [5, 5.41) is 0. The van der Waals surface area contributed by atoms with Crippen LogP contribution in [0, 0.1) is 12.8 Å². The van der Waals surface area contributed by atoms with Gasteiger partial charge in [0.1, 0.15) is 0 Å². The molecule has 1 aliphatic rings. The minimum atomic E-state index is -3.42. The standard InChI is InChI=1S/C14H22N2O2S.ClH/c1-11-5-7-13(8-6-11)19(17,18)16-9-3-4-12(2)14(16)10-15;/h5-8,12,14H,3-4,9-10,15H2,1-2H3;1H. The summed E-state index contributed by atoms with van der Waals surface area (Å²) in [6, 6.07) is 6.94. The van der Waals surface area contributed by atoms with Gasteiger partial charge in [0.25, 0.3) is 0 Å². The first kappa shape index (κ1) is 17.4. The zero-order valence-electron chi connectivity index (χ0n) is 12.0. The number of aryl methyl sites for hydroxylation is 1. The average molecular weight is 319 g/mol. The quantitative estimate of drug-likeness (QED) is 0.929. The Hall–Kier alpha value is -0.620. The van der Waals surface area contributed by atoms with Crippen molar-refractivity contribution in [1.82, 2.24) is 4.31 Å². The highest BCUT2D eigenvalue weighted by Crippen LogP contribution is 2.28. The lowest BCUT2D eigenvalue weighted by atomic mass is 9.93. The van der Waals surface area contributed by atoms with Gasteiger partial charge in [-0.05, 0) is 37.8 Å². The summed E-state index contributed by atoms with van der Waals surface area (Å²) >= 11 is 0. The van der Waals surface area contributed by atoms with Crippen LogP contribution in [0.4, 0.5) is 0 Å². The van der Waals surface area contributed by atoms with Crippen molar-refractivity contribution in [1.29, 1.82) is 0 Å². The van der Waals surface area contributed by atoms with Crippen molar-refractivity contribution in [2.24, 2.45) is 11.7 Å². The van der Waals surface area contributed by atoms with Crippen molar-refractivity contribution in [2.75, 3.05) is 13.1 Å². The van der Waals surface area contributed by atoms with Crippen molar-refractivity contribution in [2.45, 2.75) is 37.6 Å². The summed E-state index contributed by atoms with van der Waals surface area (Å²) in [7, 11) is -3.42. The van der Waals surface area contributed by atoms with Gasteiger partial charge in [0.05, 0.1) is 4.90 Å². The Balaban J connectivity index is 0.00000200. The number of sulfonamides is 1. The van der Waals surface area contributed by atoms with Gasteiger partial charge in [0.15, 0.2) is 0 Å². The van der Waals surface area contributed by atoms with Crippen molar-refractivity contribution < 1.29 is 8.42 Å². The lowest BCUT2D eigenvalue weighted by Crippen LogP contribution is -2.51. The van der Waals surface area contributed by atoms with Crippen molar-refractivity contribution in [3.05, 3.63) is 29.8 Å². The molecule has 0 bridgehead atoms. The summed E-state index contributed by atoms with van der Waals surface area (Å²) in [6.45, 7) is 4.98. The van der Waals surface area contributed by atoms with Crippen LogP contribution in [0.3, 0.4) is 0 Å². The van der Waals surface area contributed by atoms with Crippen molar-refractivity contribution in [3.8, 4) is 0 Å². The molecule has 0 spiro atoms. The second kappa shape index (κ2) is 6.89. The van der Waals surface area contributed by atoms with Crippen LogP contribution in [0.25, 0.3) is 0 Å². The second-order valence-electron chi connectivity index (χ2n) is 5.35. The van der Waals surface area contributed by atoms with Crippen LogP contribution in [0.2, 0.25) is 0 Å². The molecule has 2 unspecified atom stereocenters. The highest BCUT2D eigenvalue weighted by Gasteiger charge is 2.36. The maximum Gasteiger partial charge on any atom is 0.243 e. The van der Waals surface area contributed by atoms with Gasteiger partial charge in [-0.2, -0.15) is 4.31 Å². The fourth-order valence-electron chi connectivity index (χ4n) is 2.71. The number of benzene rings is 1. The molecule has 20 heavy (non-hydrogen) atoms. The van der Waals surface area contributed by atoms with E-state index in [1.54, 1.807) is 16.4 Å². The summed E-state index contributed by atoms with van der Waals surface area (Å²) in [5.74, 6) is 0.318. The molecule has 0 saturated carbocycles. The van der Waals surface area contributed by atoms with Crippen LogP contribution >= 0.6 is 12.4 Å². The molecule has 0 aromatic heterocycles. The van der Waals surface area contributed by atoms with Crippen LogP contribution < -0.4 is 5.73 Å². The summed E-state index contributed by atoms with van der Waals surface area (Å²) in [6.07, 6.45) is 1.95.